The van der Waals surface area contributed by atoms with Crippen LogP contribution < -0.4 is 33.2 Å². The van der Waals surface area contributed by atoms with Crippen LogP contribution in [0.3, 0.4) is 0 Å². The molecule has 36 heavy (non-hydrogen) atoms. The minimum atomic E-state index is -0.603. The number of aryl methyl sites for hydroxylation is 1. The lowest BCUT2D eigenvalue weighted by Crippen LogP contribution is -2.52. The molecule has 0 radical (unpaired) electrons. The van der Waals surface area contributed by atoms with Gasteiger partial charge in [0.2, 0.25) is 0 Å². The number of benzene rings is 1. The minimum Gasteiger partial charge on any atom is -0.399 e. The molecule has 0 spiro atoms. The molecule has 0 aromatic heterocycles. The molecule has 1 unspecified atom stereocenters. The number of rotatable bonds is 12. The first-order valence-electron chi connectivity index (χ1n) is 12.5. The van der Waals surface area contributed by atoms with E-state index in [9.17, 15) is 9.90 Å². The summed E-state index contributed by atoms with van der Waals surface area (Å²) in [5, 5.41) is 13.0. The Kier molecular flexibility index (Phi) is 11.3. The maximum atomic E-state index is 12.4. The zero-order valence-corrected chi connectivity index (χ0v) is 22.1. The summed E-state index contributed by atoms with van der Waals surface area (Å²) < 4.78 is 0. The number of aliphatic hydroxyl groups excluding tert-OH is 1. The van der Waals surface area contributed by atoms with Crippen molar-refractivity contribution in [3.05, 3.63) is 70.0 Å². The first-order chi connectivity index (χ1) is 17.3. The maximum Gasteiger partial charge on any atom is 0.265 e. The van der Waals surface area contributed by atoms with E-state index in [1.165, 1.54) is 11.1 Å². The van der Waals surface area contributed by atoms with Crippen molar-refractivity contribution >= 4 is 11.7 Å². The summed E-state index contributed by atoms with van der Waals surface area (Å²) in [4.78, 5) is 17.0. The van der Waals surface area contributed by atoms with Gasteiger partial charge in [0.1, 0.15) is 12.6 Å². The van der Waals surface area contributed by atoms with Crippen molar-refractivity contribution < 1.29 is 9.90 Å². The number of fused-ring (bicyclic) bond motifs is 1. The van der Waals surface area contributed by atoms with E-state index >= 15 is 0 Å². The Labute approximate surface area is 215 Å². The Balaban J connectivity index is 2.87. The van der Waals surface area contributed by atoms with Crippen molar-refractivity contribution in [2.24, 2.45) is 16.6 Å². The highest BCUT2D eigenvalue weighted by atomic mass is 16.3. The van der Waals surface area contributed by atoms with E-state index < -0.39 is 5.41 Å². The predicted octanol–water partition coefficient (Wildman–Crippen LogP) is 2.06. The van der Waals surface area contributed by atoms with Crippen molar-refractivity contribution in [1.82, 2.24) is 21.6 Å². The molecule has 1 aliphatic rings. The number of carbonyl (C=O) groups is 1. The Bertz CT molecular complexity index is 1030. The van der Waals surface area contributed by atoms with Crippen LogP contribution in [0.15, 0.2) is 58.3 Å². The molecule has 0 fully saturated rings. The standard InChI is InChI=1S/C27H43N7O2/c1-6-23-20(9-8-18(3)19(4)28)10-11-21-16-22(25(36)33-29)12-13-24(21)27(23,14-15-31-7-2)26(30-5)34-32-17-35/h8,12-13,16,31-32,35H,4,6-7,9-11,14-15,17,28-29H2,1-3,5H3,(H,30,34)(H,33,36)/b18-8+. The number of aliphatic imine (C=N–C) groups is 1. The van der Waals surface area contributed by atoms with Gasteiger partial charge in [-0.2, -0.15) is 0 Å². The van der Waals surface area contributed by atoms with Gasteiger partial charge in [-0.15, -0.1) is 0 Å². The third kappa shape index (κ3) is 6.41. The molecule has 1 atom stereocenters. The Morgan fingerprint density at radius 1 is 1.31 bits per heavy atom. The van der Waals surface area contributed by atoms with Crippen LogP contribution in [-0.2, 0) is 11.8 Å². The van der Waals surface area contributed by atoms with Gasteiger partial charge < -0.3 is 21.6 Å². The number of aliphatic hydroxyl groups is 1. The maximum absolute atomic E-state index is 12.4. The largest absolute Gasteiger partial charge is 0.399 e. The normalized spacial score (nSPS) is 18.5. The SMILES string of the molecule is C=C(N)/C(C)=C/CC1=C(CC)C(CCNCC)(C(=NC)NNCO)c2ccc(C(=O)NN)cc2CC1. The first-order valence-corrected chi connectivity index (χ1v) is 12.5. The number of hydrazine groups is 2. The number of hydrogen-bond donors (Lipinski definition) is 7. The van der Waals surface area contributed by atoms with E-state index in [4.69, 9.17) is 16.6 Å². The van der Waals surface area contributed by atoms with Gasteiger partial charge in [-0.1, -0.05) is 43.7 Å². The lowest BCUT2D eigenvalue weighted by Gasteiger charge is -2.40. The summed E-state index contributed by atoms with van der Waals surface area (Å²) in [7, 11) is 1.76. The third-order valence-corrected chi connectivity index (χ3v) is 6.95. The zero-order chi connectivity index (χ0) is 26.7. The molecule has 0 bridgehead atoms. The number of hydrogen-bond acceptors (Lipinski definition) is 7. The van der Waals surface area contributed by atoms with E-state index in [-0.39, 0.29) is 12.6 Å². The second kappa shape index (κ2) is 13.9. The van der Waals surface area contributed by atoms with Crippen LogP contribution >= 0.6 is 0 Å². The van der Waals surface area contributed by atoms with Gasteiger partial charge in [-0.3, -0.25) is 15.2 Å². The number of carbonyl (C=O) groups excluding carboxylic acids is 1. The van der Waals surface area contributed by atoms with E-state index in [0.29, 0.717) is 17.1 Å². The monoisotopic (exact) mass is 497 g/mol. The van der Waals surface area contributed by atoms with Gasteiger partial charge in [0.25, 0.3) is 5.91 Å². The second-order valence-electron chi connectivity index (χ2n) is 8.94. The van der Waals surface area contributed by atoms with Crippen molar-refractivity contribution in [3.63, 3.8) is 0 Å². The molecular formula is C27H43N7O2. The van der Waals surface area contributed by atoms with E-state index in [1.54, 1.807) is 7.05 Å². The molecule has 1 aromatic rings. The van der Waals surface area contributed by atoms with Crippen molar-refractivity contribution in [3.8, 4) is 0 Å². The number of allylic oxidation sites excluding steroid dienone is 3. The predicted molar refractivity (Wildman–Crippen MR) is 147 cm³/mol. The number of amides is 1. The molecule has 0 saturated heterocycles. The highest BCUT2D eigenvalue weighted by Crippen LogP contribution is 2.46. The zero-order valence-electron chi connectivity index (χ0n) is 22.1. The molecule has 0 heterocycles. The lowest BCUT2D eigenvalue weighted by molar-refractivity contribution is 0.0953. The van der Waals surface area contributed by atoms with Gasteiger partial charge in [0.15, 0.2) is 0 Å². The molecule has 198 valence electrons. The average Bonchev–Trinajstić information content (AvgIpc) is 3.01. The first kappa shape index (κ1) is 29.3. The van der Waals surface area contributed by atoms with Gasteiger partial charge >= 0.3 is 0 Å². The summed E-state index contributed by atoms with van der Waals surface area (Å²) in [6, 6.07) is 5.78. The van der Waals surface area contributed by atoms with Crippen LogP contribution in [0.5, 0.6) is 0 Å². The van der Waals surface area contributed by atoms with E-state index in [0.717, 1.165) is 61.9 Å². The summed E-state index contributed by atoms with van der Waals surface area (Å²) in [6.07, 6.45) is 6.02. The molecule has 2 rings (SSSR count). The topological polar surface area (TPSA) is 150 Å². The summed E-state index contributed by atoms with van der Waals surface area (Å²) in [6.45, 7) is 11.5. The Morgan fingerprint density at radius 2 is 2.06 bits per heavy atom. The van der Waals surface area contributed by atoms with Crippen molar-refractivity contribution in [2.45, 2.75) is 58.3 Å². The summed E-state index contributed by atoms with van der Waals surface area (Å²) in [5.74, 6) is 5.82. The highest BCUT2D eigenvalue weighted by molar-refractivity contribution is 5.98. The Morgan fingerprint density at radius 3 is 2.64 bits per heavy atom. The second-order valence-corrected chi connectivity index (χ2v) is 8.94. The van der Waals surface area contributed by atoms with E-state index in [2.05, 4.69) is 48.1 Å². The van der Waals surface area contributed by atoms with Crippen LogP contribution in [-0.4, -0.2) is 43.7 Å². The van der Waals surface area contributed by atoms with Gasteiger partial charge in [0.05, 0.1) is 5.41 Å². The number of nitrogens with two attached hydrogens (primary N) is 2. The summed E-state index contributed by atoms with van der Waals surface area (Å²) >= 11 is 0. The molecular weight excluding hydrogens is 454 g/mol. The molecule has 0 aliphatic heterocycles. The van der Waals surface area contributed by atoms with Gasteiger partial charge in [-0.25, -0.2) is 11.3 Å². The highest BCUT2D eigenvalue weighted by Gasteiger charge is 2.44. The molecule has 1 amide bonds. The average molecular weight is 498 g/mol. The molecule has 9 N–H and O–H groups in total. The number of amidine groups is 1. The van der Waals surface area contributed by atoms with Crippen LogP contribution in [0, 0.1) is 0 Å². The third-order valence-electron chi connectivity index (χ3n) is 6.95. The lowest BCUT2D eigenvalue weighted by atomic mass is 9.67. The van der Waals surface area contributed by atoms with E-state index in [1.807, 2.05) is 25.1 Å². The molecule has 9 nitrogen and oxygen atoms in total. The van der Waals surface area contributed by atoms with Gasteiger partial charge in [0, 0.05) is 18.3 Å². The quantitative estimate of drug-likeness (QED) is 0.0269. The van der Waals surface area contributed by atoms with Crippen LogP contribution in [0.4, 0.5) is 0 Å². The summed E-state index contributed by atoms with van der Waals surface area (Å²) in [5.41, 5.74) is 20.4. The molecule has 1 aromatic carbocycles. The fourth-order valence-corrected chi connectivity index (χ4v) is 5.13. The number of nitrogens with zero attached hydrogens (tertiary/aromatic N) is 1. The van der Waals surface area contributed by atoms with Crippen LogP contribution in [0.2, 0.25) is 0 Å². The van der Waals surface area contributed by atoms with Crippen LogP contribution in [0.1, 0.15) is 67.9 Å². The number of nitrogens with one attached hydrogen (secondary N) is 4. The molecule has 9 heteroatoms. The van der Waals surface area contributed by atoms with Crippen LogP contribution in [0.25, 0.3) is 0 Å². The Hall–Kier alpha value is -2.98. The van der Waals surface area contributed by atoms with Crippen molar-refractivity contribution in [2.75, 3.05) is 26.9 Å². The number of nitrogen functional groups attached to an aromatic ring is 1. The fourth-order valence-electron chi connectivity index (χ4n) is 5.13. The smallest absolute Gasteiger partial charge is 0.265 e. The molecule has 1 aliphatic carbocycles. The fraction of sp³-hybridized carbons (Fsp3) is 0.481. The molecule has 0 saturated carbocycles. The van der Waals surface area contributed by atoms with Gasteiger partial charge in [-0.05, 0) is 81.0 Å². The van der Waals surface area contributed by atoms with Crippen molar-refractivity contribution in [1.29, 1.82) is 0 Å². The minimum absolute atomic E-state index is 0.247.